The first-order valence-electron chi connectivity index (χ1n) is 9.64. The van der Waals surface area contributed by atoms with E-state index in [1.165, 1.54) is 0 Å². The van der Waals surface area contributed by atoms with Gasteiger partial charge in [0.25, 0.3) is 5.91 Å². The molecule has 1 N–H and O–H groups in total. The molecule has 0 saturated heterocycles. The number of hydrogen-bond donors (Lipinski definition) is 1. The number of aryl methyl sites for hydroxylation is 1. The number of fused-ring (bicyclic) bond motifs is 1. The van der Waals surface area contributed by atoms with E-state index >= 15 is 0 Å². The highest BCUT2D eigenvalue weighted by Gasteiger charge is 2.32. The van der Waals surface area contributed by atoms with E-state index in [2.05, 4.69) is 5.32 Å². The molecule has 6 heteroatoms. The largest absolute Gasteiger partial charge is 0.478 e. The number of halogens is 1. The Morgan fingerprint density at radius 1 is 1.07 bits per heavy atom. The molecule has 30 heavy (non-hydrogen) atoms. The normalized spacial score (nSPS) is 11.5. The minimum atomic E-state index is -1.11. The number of carbonyl (C=O) groups is 1. The summed E-state index contributed by atoms with van der Waals surface area (Å²) in [4.78, 5) is 18.0. The van der Waals surface area contributed by atoms with Gasteiger partial charge in [0.1, 0.15) is 22.9 Å². The number of benzene rings is 2. The van der Waals surface area contributed by atoms with Crippen LogP contribution < -0.4 is 10.1 Å². The molecule has 0 fully saturated rings. The summed E-state index contributed by atoms with van der Waals surface area (Å²) in [5, 5.41) is 3.64. The van der Waals surface area contributed by atoms with Gasteiger partial charge in [0, 0.05) is 16.8 Å². The second kappa shape index (κ2) is 7.84. The van der Waals surface area contributed by atoms with Crippen LogP contribution in [-0.4, -0.2) is 20.9 Å². The van der Waals surface area contributed by atoms with Crippen LogP contribution in [0.25, 0.3) is 16.9 Å². The van der Waals surface area contributed by atoms with Gasteiger partial charge in [-0.2, -0.15) is 0 Å². The number of amides is 1. The van der Waals surface area contributed by atoms with Crippen LogP contribution in [0.4, 0.5) is 5.82 Å². The molecule has 2 aromatic carbocycles. The molecule has 0 spiro atoms. The smallest absolute Gasteiger partial charge is 0.269 e. The fraction of sp³-hybridized carbons (Fsp3) is 0.167. The topological polar surface area (TPSA) is 55.6 Å². The van der Waals surface area contributed by atoms with E-state index < -0.39 is 5.60 Å². The molecule has 0 aliphatic rings. The number of nitrogens with zero attached hydrogens (tertiary/aromatic N) is 2. The van der Waals surface area contributed by atoms with E-state index in [1.54, 1.807) is 38.1 Å². The minimum absolute atomic E-state index is 0.281. The van der Waals surface area contributed by atoms with Crippen molar-refractivity contribution in [1.82, 2.24) is 9.38 Å². The van der Waals surface area contributed by atoms with Crippen molar-refractivity contribution >= 4 is 29.0 Å². The third kappa shape index (κ3) is 4.02. The van der Waals surface area contributed by atoms with Crippen LogP contribution in [0, 0.1) is 6.92 Å². The number of rotatable bonds is 5. The predicted octanol–water partition coefficient (Wildman–Crippen LogP) is 5.76. The highest BCUT2D eigenvalue weighted by Crippen LogP contribution is 2.30. The molecule has 2 heterocycles. The Kier molecular flexibility index (Phi) is 5.22. The molecule has 0 unspecified atom stereocenters. The summed E-state index contributed by atoms with van der Waals surface area (Å²) in [6, 6.07) is 20.7. The number of pyridine rings is 1. The molecule has 152 valence electrons. The molecule has 0 atom stereocenters. The summed E-state index contributed by atoms with van der Waals surface area (Å²) >= 11 is 5.94. The monoisotopic (exact) mass is 419 g/mol. The van der Waals surface area contributed by atoms with Gasteiger partial charge in [-0.25, -0.2) is 4.98 Å². The first kappa shape index (κ1) is 20.0. The lowest BCUT2D eigenvalue weighted by Crippen LogP contribution is -2.42. The molecular weight excluding hydrogens is 398 g/mol. The Morgan fingerprint density at radius 3 is 2.47 bits per heavy atom. The maximum atomic E-state index is 13.2. The molecule has 1 amide bonds. The average Bonchev–Trinajstić information content (AvgIpc) is 3.07. The zero-order valence-corrected chi connectivity index (χ0v) is 17.8. The van der Waals surface area contributed by atoms with Gasteiger partial charge in [0.2, 0.25) is 0 Å². The fourth-order valence-electron chi connectivity index (χ4n) is 3.16. The van der Waals surface area contributed by atoms with Crippen molar-refractivity contribution in [3.05, 3.63) is 83.5 Å². The second-order valence-electron chi connectivity index (χ2n) is 7.63. The van der Waals surface area contributed by atoms with Crippen molar-refractivity contribution in [3.63, 3.8) is 0 Å². The molecule has 5 nitrogen and oxygen atoms in total. The molecule has 4 rings (SSSR count). The summed E-state index contributed by atoms with van der Waals surface area (Å²) in [5.74, 6) is 0.891. The Balaban J connectivity index is 1.70. The lowest BCUT2D eigenvalue weighted by atomic mass is 10.1. The SMILES string of the molecule is Cc1ccn2c(NC(=O)C(C)(C)Oc3ccc(Cl)cc3)c(-c3ccccc3)nc2c1. The molecule has 0 radical (unpaired) electrons. The van der Waals surface area contributed by atoms with Crippen LogP contribution in [0.1, 0.15) is 19.4 Å². The van der Waals surface area contributed by atoms with Crippen molar-refractivity contribution < 1.29 is 9.53 Å². The van der Waals surface area contributed by atoms with Gasteiger partial charge in [-0.15, -0.1) is 0 Å². The lowest BCUT2D eigenvalue weighted by molar-refractivity contribution is -0.128. The average molecular weight is 420 g/mol. The summed E-state index contributed by atoms with van der Waals surface area (Å²) in [7, 11) is 0. The van der Waals surface area contributed by atoms with E-state index in [9.17, 15) is 4.79 Å². The second-order valence-corrected chi connectivity index (χ2v) is 8.06. The zero-order valence-electron chi connectivity index (χ0n) is 17.0. The molecule has 0 saturated carbocycles. The third-order valence-corrected chi connectivity index (χ3v) is 5.05. The molecular formula is C24H22ClN3O2. The van der Waals surface area contributed by atoms with Crippen LogP contribution in [-0.2, 0) is 4.79 Å². The summed E-state index contributed by atoms with van der Waals surface area (Å²) in [5.41, 5.74) is 2.37. The fourth-order valence-corrected chi connectivity index (χ4v) is 3.29. The van der Waals surface area contributed by atoms with E-state index in [0.29, 0.717) is 22.3 Å². The van der Waals surface area contributed by atoms with Crippen LogP contribution in [0.3, 0.4) is 0 Å². The number of anilines is 1. The van der Waals surface area contributed by atoms with E-state index in [1.807, 2.05) is 60.0 Å². The third-order valence-electron chi connectivity index (χ3n) is 4.79. The predicted molar refractivity (Wildman–Crippen MR) is 120 cm³/mol. The first-order valence-corrected chi connectivity index (χ1v) is 10.0. The standard InChI is InChI=1S/C24H22ClN3O2/c1-16-13-14-28-20(15-16)26-21(17-7-5-4-6-8-17)22(28)27-23(29)24(2,3)30-19-11-9-18(25)10-12-19/h4-15H,1-3H3,(H,27,29). The number of hydrogen-bond acceptors (Lipinski definition) is 3. The summed E-state index contributed by atoms with van der Waals surface area (Å²) in [6.45, 7) is 5.47. The van der Waals surface area contributed by atoms with Crippen LogP contribution in [0.2, 0.25) is 5.02 Å². The van der Waals surface area contributed by atoms with Crippen LogP contribution >= 0.6 is 11.6 Å². The quantitative estimate of drug-likeness (QED) is 0.447. The van der Waals surface area contributed by atoms with Gasteiger partial charge in [0.05, 0.1) is 0 Å². The van der Waals surface area contributed by atoms with Crippen molar-refractivity contribution in [3.8, 4) is 17.0 Å². The highest BCUT2D eigenvalue weighted by atomic mass is 35.5. The Hall–Kier alpha value is -3.31. The molecule has 2 aromatic heterocycles. The van der Waals surface area contributed by atoms with Crippen LogP contribution in [0.15, 0.2) is 72.9 Å². The number of nitrogens with one attached hydrogen (secondary N) is 1. The Labute approximate surface area is 180 Å². The Bertz CT molecular complexity index is 1200. The molecule has 4 aromatic rings. The highest BCUT2D eigenvalue weighted by molar-refractivity contribution is 6.30. The van der Waals surface area contributed by atoms with E-state index in [0.717, 1.165) is 16.8 Å². The summed E-state index contributed by atoms with van der Waals surface area (Å²) < 4.78 is 7.82. The van der Waals surface area contributed by atoms with E-state index in [4.69, 9.17) is 21.3 Å². The summed E-state index contributed by atoms with van der Waals surface area (Å²) in [6.07, 6.45) is 1.91. The number of imidazole rings is 1. The molecule has 0 aliphatic heterocycles. The van der Waals surface area contributed by atoms with Gasteiger partial charge in [0.15, 0.2) is 5.60 Å². The van der Waals surface area contributed by atoms with Gasteiger partial charge >= 0.3 is 0 Å². The van der Waals surface area contributed by atoms with Gasteiger partial charge in [-0.05, 0) is 62.7 Å². The van der Waals surface area contributed by atoms with Crippen LogP contribution in [0.5, 0.6) is 5.75 Å². The van der Waals surface area contributed by atoms with Crippen molar-refractivity contribution in [1.29, 1.82) is 0 Å². The van der Waals surface area contributed by atoms with Gasteiger partial charge in [-0.1, -0.05) is 41.9 Å². The molecule has 0 aliphatic carbocycles. The minimum Gasteiger partial charge on any atom is -0.478 e. The van der Waals surface area contributed by atoms with Crippen molar-refractivity contribution in [2.45, 2.75) is 26.4 Å². The first-order chi connectivity index (χ1) is 14.3. The lowest BCUT2D eigenvalue weighted by Gasteiger charge is -2.25. The number of ether oxygens (including phenoxy) is 1. The van der Waals surface area contributed by atoms with Gasteiger partial charge < -0.3 is 10.1 Å². The van der Waals surface area contributed by atoms with E-state index in [-0.39, 0.29) is 5.91 Å². The Morgan fingerprint density at radius 2 is 1.77 bits per heavy atom. The maximum absolute atomic E-state index is 13.2. The molecule has 0 bridgehead atoms. The van der Waals surface area contributed by atoms with Crippen molar-refractivity contribution in [2.24, 2.45) is 0 Å². The maximum Gasteiger partial charge on any atom is 0.269 e. The number of carbonyl (C=O) groups excluding carboxylic acids is 1. The van der Waals surface area contributed by atoms with Crippen molar-refractivity contribution in [2.75, 3.05) is 5.32 Å². The zero-order chi connectivity index (χ0) is 21.3. The van der Waals surface area contributed by atoms with Gasteiger partial charge in [-0.3, -0.25) is 9.20 Å². The number of aromatic nitrogens is 2.